The predicted molar refractivity (Wildman–Crippen MR) is 215 cm³/mol. The van der Waals surface area contributed by atoms with Crippen molar-refractivity contribution in [2.24, 2.45) is 17.8 Å². The number of pyridine rings is 1. The topological polar surface area (TPSA) is 192 Å². The lowest BCUT2D eigenvalue weighted by atomic mass is 9.73. The molecule has 2 aromatic rings. The molecule has 15 nitrogen and oxygen atoms in total. The molecule has 0 bridgehead atoms. The molecule has 0 saturated carbocycles. The highest BCUT2D eigenvalue weighted by Crippen LogP contribution is 2.41. The van der Waals surface area contributed by atoms with Crippen molar-refractivity contribution >= 4 is 46.7 Å². The van der Waals surface area contributed by atoms with E-state index >= 15 is 4.39 Å². The summed E-state index contributed by atoms with van der Waals surface area (Å²) in [6, 6.07) is 7.98. The zero-order valence-electron chi connectivity index (χ0n) is 35.5. The summed E-state index contributed by atoms with van der Waals surface area (Å²) >= 11 is 0. The third-order valence-electron chi connectivity index (χ3n) is 12.1. The number of carbonyl (C=O) groups excluding carboxylic acids is 5. The number of hydrogen-bond donors (Lipinski definition) is 3. The van der Waals surface area contributed by atoms with Gasteiger partial charge in [-0.2, -0.15) is 0 Å². The van der Waals surface area contributed by atoms with Crippen molar-refractivity contribution in [1.29, 1.82) is 0 Å². The zero-order valence-corrected chi connectivity index (χ0v) is 35.5. The zero-order chi connectivity index (χ0) is 43.6. The number of benzene rings is 1. The number of cyclic esters (lactones) is 1. The maximum Gasteiger partial charge on any atom is 0.408 e. The Hall–Kier alpha value is -4.51. The number of aliphatic hydroxyl groups is 1. The standard InChI is InChI=1S/C43H59FN4O11/c1-11-31-43(8)34(47-40(54)59-43)25(4)32(49)23(2)22-41(6,58-39(53)46-19-12-14-27-16-17-29-28(21-27)15-13-18-45-29)36(26(5)35(51)42(7,44)38(52)56-31)57-37-33(50)30(48(9)10)20-24(3)55-37/h12-18,21,23-26,30-31,33-34,36-37,50H,11,19-20,22H2,1-10H3,(H,46,53)(H,47,54)/b14-12+/t23-,24-,25+,26+,30+,31-,33-,34-,36-,37+,41-,42+,43-/m1/s1. The molecule has 3 aliphatic heterocycles. The summed E-state index contributed by atoms with van der Waals surface area (Å²) in [4.78, 5) is 75.2. The molecule has 3 fully saturated rings. The van der Waals surface area contributed by atoms with Gasteiger partial charge in [0.2, 0.25) is 0 Å². The molecule has 59 heavy (non-hydrogen) atoms. The summed E-state index contributed by atoms with van der Waals surface area (Å²) < 4.78 is 46.9. The normalized spacial score (nSPS) is 37.4. The average Bonchev–Trinajstić information content (AvgIpc) is 3.50. The Labute approximate surface area is 344 Å². The van der Waals surface area contributed by atoms with Crippen LogP contribution in [0.2, 0.25) is 0 Å². The molecule has 1 aromatic heterocycles. The van der Waals surface area contributed by atoms with Gasteiger partial charge in [-0.1, -0.05) is 52.0 Å². The second kappa shape index (κ2) is 18.0. The molecule has 0 aliphatic carbocycles. The highest BCUT2D eigenvalue weighted by Gasteiger charge is 2.60. The van der Waals surface area contributed by atoms with Gasteiger partial charge in [-0.05, 0) is 84.8 Å². The number of alkyl halides is 1. The van der Waals surface area contributed by atoms with E-state index < -0.39 is 101 Å². The third-order valence-corrected chi connectivity index (χ3v) is 12.1. The molecule has 0 unspecified atom stereocenters. The highest BCUT2D eigenvalue weighted by atomic mass is 19.1. The van der Waals surface area contributed by atoms with Gasteiger partial charge in [-0.15, -0.1) is 0 Å². The Bertz CT molecular complexity index is 1930. The lowest BCUT2D eigenvalue weighted by Gasteiger charge is -2.47. The number of alkyl carbamates (subject to hydrolysis) is 2. The molecule has 13 atom stereocenters. The fourth-order valence-corrected chi connectivity index (χ4v) is 8.87. The van der Waals surface area contributed by atoms with Crippen molar-refractivity contribution < 1.29 is 57.2 Å². The smallest absolute Gasteiger partial charge is 0.408 e. The van der Waals surface area contributed by atoms with Crippen LogP contribution in [-0.2, 0) is 38.1 Å². The first-order valence-electron chi connectivity index (χ1n) is 20.2. The minimum absolute atomic E-state index is 0.00490. The van der Waals surface area contributed by atoms with Crippen molar-refractivity contribution in [3.8, 4) is 0 Å². The second-order valence-corrected chi connectivity index (χ2v) is 17.0. The summed E-state index contributed by atoms with van der Waals surface area (Å²) in [7, 11) is 3.56. The maximum atomic E-state index is 16.9. The van der Waals surface area contributed by atoms with E-state index in [-0.39, 0.29) is 25.2 Å². The van der Waals surface area contributed by atoms with Crippen LogP contribution in [0.1, 0.15) is 80.2 Å². The number of nitrogens with zero attached hydrogens (tertiary/aromatic N) is 2. The van der Waals surface area contributed by atoms with E-state index in [2.05, 4.69) is 15.6 Å². The maximum absolute atomic E-state index is 16.9. The Balaban J connectivity index is 1.54. The van der Waals surface area contributed by atoms with Crippen molar-refractivity contribution in [2.75, 3.05) is 20.6 Å². The molecular formula is C43H59FN4O11. The Morgan fingerprint density at radius 3 is 2.49 bits per heavy atom. The van der Waals surface area contributed by atoms with Gasteiger partial charge in [-0.3, -0.25) is 14.6 Å². The minimum Gasteiger partial charge on any atom is -0.455 e. The monoisotopic (exact) mass is 826 g/mol. The average molecular weight is 827 g/mol. The molecule has 0 radical (unpaired) electrons. The van der Waals surface area contributed by atoms with E-state index in [4.69, 9.17) is 23.7 Å². The van der Waals surface area contributed by atoms with Gasteiger partial charge in [-0.25, -0.2) is 18.8 Å². The Morgan fingerprint density at radius 2 is 1.81 bits per heavy atom. The number of ketones is 2. The Kier molecular flexibility index (Phi) is 13.9. The predicted octanol–water partition coefficient (Wildman–Crippen LogP) is 4.91. The number of fused-ring (bicyclic) bond motifs is 2. The number of likely N-dealkylation sites (N-methyl/N-ethyl adjacent to an activating group) is 1. The van der Waals surface area contributed by atoms with Gasteiger partial charge in [0.25, 0.3) is 5.67 Å². The number of Topliss-reactive ketones (excluding diaryl/α,β-unsaturated/α-hetero) is 2. The number of ether oxygens (including phenoxy) is 5. The van der Waals surface area contributed by atoms with Crippen LogP contribution in [0.15, 0.2) is 42.6 Å². The van der Waals surface area contributed by atoms with Crippen molar-refractivity contribution in [3.05, 3.63) is 48.2 Å². The van der Waals surface area contributed by atoms with Crippen LogP contribution < -0.4 is 10.6 Å². The number of aromatic nitrogens is 1. The van der Waals surface area contributed by atoms with E-state index in [0.717, 1.165) is 23.4 Å². The lowest BCUT2D eigenvalue weighted by molar-refractivity contribution is -0.292. The van der Waals surface area contributed by atoms with Crippen LogP contribution in [0, 0.1) is 17.8 Å². The number of halogens is 1. The van der Waals surface area contributed by atoms with Crippen LogP contribution in [0.3, 0.4) is 0 Å². The van der Waals surface area contributed by atoms with Gasteiger partial charge in [0.1, 0.15) is 29.7 Å². The molecule has 16 heteroatoms. The van der Waals surface area contributed by atoms with Crippen LogP contribution >= 0.6 is 0 Å². The minimum atomic E-state index is -3.29. The fourth-order valence-electron chi connectivity index (χ4n) is 8.87. The van der Waals surface area contributed by atoms with Crippen molar-refractivity contribution in [1.82, 2.24) is 20.5 Å². The van der Waals surface area contributed by atoms with Gasteiger partial charge in [0.15, 0.2) is 17.7 Å². The van der Waals surface area contributed by atoms with E-state index in [9.17, 15) is 29.1 Å². The van der Waals surface area contributed by atoms with E-state index in [1.165, 1.54) is 20.8 Å². The number of esters is 1. The number of amides is 2. The van der Waals surface area contributed by atoms with Crippen LogP contribution in [0.25, 0.3) is 17.0 Å². The fraction of sp³-hybridized carbons (Fsp3) is 0.628. The molecule has 5 rings (SSSR count). The molecular weight excluding hydrogens is 767 g/mol. The highest BCUT2D eigenvalue weighted by molar-refractivity contribution is 6.08. The number of carbonyl (C=O) groups is 5. The first kappa shape index (κ1) is 45.6. The van der Waals surface area contributed by atoms with Crippen molar-refractivity contribution in [2.45, 2.75) is 134 Å². The summed E-state index contributed by atoms with van der Waals surface area (Å²) in [5, 5.41) is 17.8. The summed E-state index contributed by atoms with van der Waals surface area (Å²) in [6.07, 6.45) is -2.37. The van der Waals surface area contributed by atoms with E-state index in [0.29, 0.717) is 6.42 Å². The van der Waals surface area contributed by atoms with Crippen molar-refractivity contribution in [3.63, 3.8) is 0 Å². The molecule has 324 valence electrons. The number of aliphatic hydroxyl groups excluding tert-OH is 1. The first-order valence-corrected chi connectivity index (χ1v) is 20.2. The summed E-state index contributed by atoms with van der Waals surface area (Å²) in [5.41, 5.74) is -5.14. The second-order valence-electron chi connectivity index (χ2n) is 17.0. The van der Waals surface area contributed by atoms with Crippen LogP contribution in [0.5, 0.6) is 0 Å². The lowest BCUT2D eigenvalue weighted by Crippen LogP contribution is -2.62. The molecule has 1 aromatic carbocycles. The van der Waals surface area contributed by atoms with Gasteiger partial charge < -0.3 is 44.3 Å². The SMILES string of the molecule is CC[C@H]1OC(=O)[C@@](C)(F)C(=O)[C@H](C)[C@@H](O[C@@H]2O[C@H](C)C[C@H](N(C)C)[C@H]2O)[C@](C)(OC(=O)NC/C=C/c2ccc3ncccc3c2)C[C@@H](C)C(=O)[C@H](C)[C@H]2NC(=O)O[C@@]21C. The molecule has 3 N–H and O–H groups in total. The molecule has 2 amide bonds. The first-order chi connectivity index (χ1) is 27.6. The number of hydrogen-bond acceptors (Lipinski definition) is 13. The Morgan fingerprint density at radius 1 is 1.10 bits per heavy atom. The van der Waals surface area contributed by atoms with Gasteiger partial charge >= 0.3 is 18.2 Å². The molecule has 3 saturated heterocycles. The largest absolute Gasteiger partial charge is 0.455 e. The molecule has 0 spiro atoms. The van der Waals surface area contributed by atoms with E-state index in [1.54, 1.807) is 65.0 Å². The quantitative estimate of drug-likeness (QED) is 0.185. The molecule has 4 heterocycles. The number of nitrogens with one attached hydrogen (secondary N) is 2. The van der Waals surface area contributed by atoms with Crippen LogP contribution in [0.4, 0.5) is 14.0 Å². The molecule has 3 aliphatic rings. The van der Waals surface area contributed by atoms with Gasteiger partial charge in [0, 0.05) is 41.9 Å². The summed E-state index contributed by atoms with van der Waals surface area (Å²) in [5.74, 6) is -6.66. The van der Waals surface area contributed by atoms with Crippen LogP contribution in [-0.4, -0.2) is 125 Å². The third kappa shape index (κ3) is 9.61. The van der Waals surface area contributed by atoms with E-state index in [1.807, 2.05) is 30.3 Å². The van der Waals surface area contributed by atoms with Gasteiger partial charge in [0.05, 0.1) is 17.7 Å². The number of rotatable bonds is 8. The summed E-state index contributed by atoms with van der Waals surface area (Å²) in [6.45, 7) is 11.7.